The molecule has 1 N–H and O–H groups in total. The molecule has 1 aromatic rings. The van der Waals surface area contributed by atoms with Crippen molar-refractivity contribution in [2.45, 2.75) is 50.2 Å². The highest BCUT2D eigenvalue weighted by Gasteiger charge is 2.48. The van der Waals surface area contributed by atoms with Crippen LogP contribution in [-0.4, -0.2) is 49.3 Å². The van der Waals surface area contributed by atoms with Crippen LogP contribution in [0.15, 0.2) is 5.38 Å². The van der Waals surface area contributed by atoms with Gasteiger partial charge in [-0.3, -0.25) is 0 Å². The van der Waals surface area contributed by atoms with Gasteiger partial charge in [0, 0.05) is 36.8 Å². The van der Waals surface area contributed by atoms with Crippen LogP contribution >= 0.6 is 11.3 Å². The summed E-state index contributed by atoms with van der Waals surface area (Å²) in [5.41, 5.74) is 1.21. The van der Waals surface area contributed by atoms with E-state index in [1.807, 2.05) is 11.3 Å². The first-order valence-corrected chi connectivity index (χ1v) is 8.41. The van der Waals surface area contributed by atoms with Crippen LogP contribution in [0.5, 0.6) is 0 Å². The van der Waals surface area contributed by atoms with Gasteiger partial charge in [-0.05, 0) is 39.7 Å². The van der Waals surface area contributed by atoms with E-state index in [1.54, 1.807) is 7.11 Å². The van der Waals surface area contributed by atoms with Gasteiger partial charge in [-0.25, -0.2) is 4.98 Å². The van der Waals surface area contributed by atoms with E-state index < -0.39 is 0 Å². The van der Waals surface area contributed by atoms with Crippen LogP contribution in [-0.2, 0) is 10.3 Å². The van der Waals surface area contributed by atoms with Crippen LogP contribution < -0.4 is 5.32 Å². The Morgan fingerprint density at radius 3 is 2.70 bits per heavy atom. The van der Waals surface area contributed by atoms with E-state index in [0.717, 1.165) is 18.8 Å². The number of methoxy groups -OCH3 is 1. The lowest BCUT2D eigenvalue weighted by Crippen LogP contribution is -2.55. The zero-order valence-electron chi connectivity index (χ0n) is 12.7. The zero-order valence-corrected chi connectivity index (χ0v) is 13.5. The molecule has 0 aliphatic carbocycles. The van der Waals surface area contributed by atoms with Crippen molar-refractivity contribution in [3.63, 3.8) is 0 Å². The summed E-state index contributed by atoms with van der Waals surface area (Å²) in [5, 5.41) is 7.23. The average molecular weight is 295 g/mol. The monoisotopic (exact) mass is 295 g/mol. The number of hydrogen-bond acceptors (Lipinski definition) is 5. The van der Waals surface area contributed by atoms with E-state index in [1.165, 1.54) is 30.7 Å². The van der Waals surface area contributed by atoms with Crippen LogP contribution in [0, 0.1) is 6.92 Å². The predicted molar refractivity (Wildman–Crippen MR) is 82.2 cm³/mol. The maximum Gasteiger partial charge on any atom is 0.113 e. The number of nitrogens with one attached hydrogen (secondary N) is 1. The molecule has 2 atom stereocenters. The lowest BCUT2D eigenvalue weighted by molar-refractivity contribution is 0.0812. The fourth-order valence-electron chi connectivity index (χ4n) is 3.83. The topological polar surface area (TPSA) is 37.4 Å². The Balaban J connectivity index is 1.85. The van der Waals surface area contributed by atoms with Gasteiger partial charge < -0.3 is 15.0 Å². The number of fused-ring (bicyclic) bond motifs is 2. The molecule has 0 aromatic carbocycles. The highest BCUT2D eigenvalue weighted by atomic mass is 32.1. The van der Waals surface area contributed by atoms with Gasteiger partial charge >= 0.3 is 0 Å². The van der Waals surface area contributed by atoms with Gasteiger partial charge in [-0.15, -0.1) is 11.3 Å². The van der Waals surface area contributed by atoms with Crippen LogP contribution in [0.2, 0.25) is 0 Å². The molecule has 3 heterocycles. The third-order valence-corrected chi connectivity index (χ3v) is 6.12. The minimum atomic E-state index is 0.0653. The van der Waals surface area contributed by atoms with E-state index >= 15 is 0 Å². The van der Waals surface area contributed by atoms with E-state index in [-0.39, 0.29) is 5.54 Å². The quantitative estimate of drug-likeness (QED) is 0.845. The maximum absolute atomic E-state index is 5.22. The van der Waals surface area contributed by atoms with Gasteiger partial charge in [0.15, 0.2) is 0 Å². The van der Waals surface area contributed by atoms with Gasteiger partial charge in [0.2, 0.25) is 0 Å². The Labute approximate surface area is 125 Å². The average Bonchev–Trinajstić information content (AvgIpc) is 2.93. The second-order valence-corrected chi connectivity index (χ2v) is 7.11. The Morgan fingerprint density at radius 1 is 1.45 bits per heavy atom. The predicted octanol–water partition coefficient (Wildman–Crippen LogP) is 2.14. The van der Waals surface area contributed by atoms with Crippen LogP contribution in [0.3, 0.4) is 0 Å². The molecule has 0 amide bonds. The van der Waals surface area contributed by atoms with Gasteiger partial charge in [0.05, 0.1) is 12.1 Å². The molecular weight excluding hydrogens is 270 g/mol. The standard InChI is InChI=1S/C15H25N3OS/c1-11-10-20-14(17-11)15(16-6-7-19-3)8-12-4-5-13(9-15)18(12)2/h10,12-13,16H,4-9H2,1-3H3. The van der Waals surface area contributed by atoms with Gasteiger partial charge in [0.1, 0.15) is 5.01 Å². The van der Waals surface area contributed by atoms with Crippen molar-refractivity contribution < 1.29 is 4.74 Å². The highest BCUT2D eigenvalue weighted by molar-refractivity contribution is 7.09. The van der Waals surface area contributed by atoms with Crippen molar-refractivity contribution in [2.75, 3.05) is 27.3 Å². The minimum absolute atomic E-state index is 0.0653. The highest BCUT2D eigenvalue weighted by Crippen LogP contribution is 2.45. The summed E-state index contributed by atoms with van der Waals surface area (Å²) in [6.07, 6.45) is 5.02. The molecule has 2 bridgehead atoms. The SMILES string of the molecule is COCCNC1(c2nc(C)cs2)CC2CCC(C1)N2C. The zero-order chi connectivity index (χ0) is 14.2. The summed E-state index contributed by atoms with van der Waals surface area (Å²) < 4.78 is 5.22. The van der Waals surface area contributed by atoms with Crippen molar-refractivity contribution in [3.05, 3.63) is 16.1 Å². The smallest absolute Gasteiger partial charge is 0.113 e. The molecule has 4 nitrogen and oxygen atoms in total. The van der Waals surface area contributed by atoms with Crippen molar-refractivity contribution in [3.8, 4) is 0 Å². The summed E-state index contributed by atoms with van der Waals surface area (Å²) >= 11 is 1.81. The summed E-state index contributed by atoms with van der Waals surface area (Å²) in [5.74, 6) is 0. The fraction of sp³-hybridized carbons (Fsp3) is 0.800. The Morgan fingerprint density at radius 2 is 2.15 bits per heavy atom. The third kappa shape index (κ3) is 2.52. The molecule has 2 aliphatic heterocycles. The van der Waals surface area contributed by atoms with Crippen molar-refractivity contribution in [1.29, 1.82) is 0 Å². The first kappa shape index (κ1) is 14.4. The molecule has 0 spiro atoms. The molecule has 20 heavy (non-hydrogen) atoms. The number of thiazole rings is 1. The summed E-state index contributed by atoms with van der Waals surface area (Å²) in [6.45, 7) is 3.75. The molecule has 5 heteroatoms. The number of aryl methyl sites for hydroxylation is 1. The first-order chi connectivity index (χ1) is 9.64. The summed E-state index contributed by atoms with van der Waals surface area (Å²) in [7, 11) is 4.05. The van der Waals surface area contributed by atoms with Gasteiger partial charge in [-0.2, -0.15) is 0 Å². The molecule has 3 rings (SSSR count). The number of piperidine rings is 1. The normalized spacial score (nSPS) is 33.8. The van der Waals surface area contributed by atoms with Crippen LogP contribution in [0.4, 0.5) is 0 Å². The summed E-state index contributed by atoms with van der Waals surface area (Å²) in [4.78, 5) is 7.38. The Hall–Kier alpha value is -0.490. The minimum Gasteiger partial charge on any atom is -0.383 e. The molecule has 2 saturated heterocycles. The number of ether oxygens (including phenoxy) is 1. The largest absolute Gasteiger partial charge is 0.383 e. The Kier molecular flexibility index (Phi) is 4.13. The molecule has 2 fully saturated rings. The number of aromatic nitrogens is 1. The number of rotatable bonds is 5. The number of hydrogen-bond donors (Lipinski definition) is 1. The van der Waals surface area contributed by atoms with Crippen LogP contribution in [0.1, 0.15) is 36.4 Å². The molecule has 1 aromatic heterocycles. The second kappa shape index (κ2) is 5.72. The molecule has 112 valence electrons. The maximum atomic E-state index is 5.22. The van der Waals surface area contributed by atoms with E-state index in [9.17, 15) is 0 Å². The Bertz CT molecular complexity index is 448. The van der Waals surface area contributed by atoms with E-state index in [4.69, 9.17) is 9.72 Å². The number of nitrogens with zero attached hydrogens (tertiary/aromatic N) is 2. The fourth-order valence-corrected chi connectivity index (χ4v) is 4.83. The van der Waals surface area contributed by atoms with Gasteiger partial charge in [0.25, 0.3) is 0 Å². The van der Waals surface area contributed by atoms with Crippen molar-refractivity contribution in [2.24, 2.45) is 0 Å². The third-order valence-electron chi connectivity index (χ3n) is 4.95. The van der Waals surface area contributed by atoms with Crippen molar-refractivity contribution in [1.82, 2.24) is 15.2 Å². The molecule has 0 saturated carbocycles. The lowest BCUT2D eigenvalue weighted by atomic mass is 9.83. The van der Waals surface area contributed by atoms with Gasteiger partial charge in [-0.1, -0.05) is 0 Å². The van der Waals surface area contributed by atoms with E-state index in [0.29, 0.717) is 12.1 Å². The molecule has 2 unspecified atom stereocenters. The van der Waals surface area contributed by atoms with Crippen LogP contribution in [0.25, 0.3) is 0 Å². The first-order valence-electron chi connectivity index (χ1n) is 7.53. The van der Waals surface area contributed by atoms with E-state index in [2.05, 4.69) is 29.6 Å². The lowest BCUT2D eigenvalue weighted by Gasteiger charge is -2.45. The molecule has 2 aliphatic rings. The summed E-state index contributed by atoms with van der Waals surface area (Å²) in [6, 6.07) is 1.40. The molecule has 0 radical (unpaired) electrons. The molecular formula is C15H25N3OS. The van der Waals surface area contributed by atoms with Crippen molar-refractivity contribution >= 4 is 11.3 Å². The second-order valence-electron chi connectivity index (χ2n) is 6.25.